The maximum absolute atomic E-state index is 13.3. The molecule has 3 aliphatic carbocycles. The molecule has 0 radical (unpaired) electrons. The highest BCUT2D eigenvalue weighted by Crippen LogP contribution is 2.42. The second-order valence-corrected chi connectivity index (χ2v) is 21.0. The summed E-state index contributed by atoms with van der Waals surface area (Å²) in [6, 6.07) is 28.8. The molecule has 2 saturated heterocycles. The summed E-state index contributed by atoms with van der Waals surface area (Å²) in [5.41, 5.74) is 24.4. The fourth-order valence-electron chi connectivity index (χ4n) is 11.2. The Labute approximate surface area is 463 Å². The van der Waals surface area contributed by atoms with Crippen LogP contribution in [0.15, 0.2) is 91.0 Å². The molecule has 80 heavy (non-hydrogen) atoms. The molecule has 5 fully saturated rings. The first-order chi connectivity index (χ1) is 38.9. The van der Waals surface area contributed by atoms with Gasteiger partial charge in [0.25, 0.3) is 17.7 Å². The van der Waals surface area contributed by atoms with Crippen molar-refractivity contribution in [3.63, 3.8) is 0 Å². The number of carbonyl (C=O) groups is 4. The van der Waals surface area contributed by atoms with E-state index in [-0.39, 0.29) is 53.2 Å². The molecule has 6 aromatic rings. The zero-order valence-corrected chi connectivity index (χ0v) is 44.6. The van der Waals surface area contributed by atoms with E-state index in [0.29, 0.717) is 78.4 Å². The molecule has 24 heteroatoms. The quantitative estimate of drug-likeness (QED) is 0.0473. The average molecular weight is 1090 g/mol. The summed E-state index contributed by atoms with van der Waals surface area (Å²) in [6.45, 7) is 7.89. The molecule has 3 saturated carbocycles. The Morgan fingerprint density at radius 2 is 1.15 bits per heavy atom. The summed E-state index contributed by atoms with van der Waals surface area (Å²) in [5, 5.41) is 47.0. The molecule has 0 bridgehead atoms. The highest BCUT2D eigenvalue weighted by atomic mass is 16.5. The topological polar surface area (TPSA) is 318 Å². The van der Waals surface area contributed by atoms with Crippen LogP contribution in [0.4, 0.5) is 68.6 Å². The van der Waals surface area contributed by atoms with E-state index in [2.05, 4.69) is 126 Å². The van der Waals surface area contributed by atoms with Gasteiger partial charge in [-0.3, -0.25) is 19.2 Å². The van der Waals surface area contributed by atoms with E-state index in [1.54, 1.807) is 24.3 Å². The lowest BCUT2D eigenvalue weighted by atomic mass is 9.84. The number of nitrogens with one attached hydrogen (secondary N) is 6. The Hall–Kier alpha value is -8.90. The molecule has 12 N–H and O–H groups in total. The second kappa shape index (κ2) is 23.6. The Bertz CT molecular complexity index is 3220. The number of carbonyl (C=O) groups excluding carboxylic acids is 4. The lowest BCUT2D eigenvalue weighted by molar-refractivity contribution is -0.114. The second-order valence-electron chi connectivity index (χ2n) is 21.0. The number of aromatic nitrogens is 6. The Balaban J connectivity index is 0.894. The average Bonchev–Trinajstić information content (AvgIpc) is 4.06. The van der Waals surface area contributed by atoms with E-state index in [0.717, 1.165) is 94.1 Å². The van der Waals surface area contributed by atoms with Crippen molar-refractivity contribution < 1.29 is 23.9 Å². The fraction of sp³-hybridized carbons (Fsp3) is 0.393. The van der Waals surface area contributed by atoms with Gasteiger partial charge in [0.05, 0.1) is 36.3 Å². The summed E-state index contributed by atoms with van der Waals surface area (Å²) in [7, 11) is 0. The SMILES string of the molecule is CC(=O)Nc1cccc(Nc2cc(NC3CCC3N(c3ccc(N4CCNCC4)cc3)c3cc(NC4CCC(N(c5ccc(N6CCOCC6)cc5)c5cc(NC6CCC6)c(C(N)=O)nn5)C4)c(C(N)=O)nn3)c(C(N)=O)nn2)c1. The molecule has 4 atom stereocenters. The number of ether oxygens (including phenoxy) is 1. The van der Waals surface area contributed by atoms with Crippen LogP contribution >= 0.6 is 0 Å². The molecule has 5 heterocycles. The maximum atomic E-state index is 13.3. The van der Waals surface area contributed by atoms with Gasteiger partial charge in [-0.2, -0.15) is 0 Å². The number of piperazine rings is 1. The van der Waals surface area contributed by atoms with Gasteiger partial charge in [-0.15, -0.1) is 30.6 Å². The molecule has 4 unspecified atom stereocenters. The van der Waals surface area contributed by atoms with Crippen molar-refractivity contribution in [2.24, 2.45) is 17.2 Å². The van der Waals surface area contributed by atoms with E-state index < -0.39 is 17.7 Å². The van der Waals surface area contributed by atoms with Crippen molar-refractivity contribution in [1.82, 2.24) is 35.9 Å². The number of primary amides is 3. The molecule has 4 amide bonds. The van der Waals surface area contributed by atoms with Crippen molar-refractivity contribution in [3.05, 3.63) is 108 Å². The molecule has 0 spiro atoms. The highest BCUT2D eigenvalue weighted by Gasteiger charge is 2.40. The van der Waals surface area contributed by atoms with Crippen LogP contribution in [0.25, 0.3) is 0 Å². The summed E-state index contributed by atoms with van der Waals surface area (Å²) < 4.78 is 5.62. The zero-order valence-electron chi connectivity index (χ0n) is 44.6. The highest BCUT2D eigenvalue weighted by molar-refractivity contribution is 5.98. The Kier molecular flexibility index (Phi) is 15.7. The molecule has 3 aromatic heterocycles. The number of rotatable bonds is 20. The molecule has 24 nitrogen and oxygen atoms in total. The zero-order chi connectivity index (χ0) is 55.3. The van der Waals surface area contributed by atoms with Gasteiger partial charge in [0.2, 0.25) is 5.91 Å². The smallest absolute Gasteiger partial charge is 0.271 e. The van der Waals surface area contributed by atoms with E-state index in [1.807, 2.05) is 18.2 Å². The molecule has 11 rings (SSSR count). The van der Waals surface area contributed by atoms with Gasteiger partial charge in [0.15, 0.2) is 34.5 Å². The van der Waals surface area contributed by atoms with E-state index in [4.69, 9.17) is 27.0 Å². The largest absolute Gasteiger partial charge is 0.380 e. The predicted molar refractivity (Wildman–Crippen MR) is 308 cm³/mol. The standard InChI is InChI=1S/C56H67N19O5/c1-33(76)61-35-6-3-7-36(28-35)64-48-30-44(51(54(57)77)69-66-48)65-43-18-19-47(43)75(41-16-12-38(13-17-41)72-22-20-60-21-23-72)50-32-46(53(56(59)79)71-68-50)63-37-8-9-42(29-37)74(40-14-10-39(11-15-40)73-24-26-80-27-25-73)49-31-45(62-34-4-2-5-34)52(55(58)78)70-67-49/h3,6-7,10-17,28,30-32,34,37,42-43,47,60H,2,4-5,8-9,18-27,29H2,1H3,(H2,57,77)(H2,58,78)(H2,59,79)(H,61,76)(H,62,67)(H,63,68)(H2,64,65,66). The molecule has 416 valence electrons. The first-order valence-electron chi connectivity index (χ1n) is 27.4. The van der Waals surface area contributed by atoms with Crippen LogP contribution in [0.1, 0.15) is 89.8 Å². The summed E-state index contributed by atoms with van der Waals surface area (Å²) in [4.78, 5) is 59.5. The van der Waals surface area contributed by atoms with Gasteiger partial charge in [-0.05, 0) is 118 Å². The maximum Gasteiger partial charge on any atom is 0.271 e. The van der Waals surface area contributed by atoms with Crippen LogP contribution in [0.2, 0.25) is 0 Å². The number of nitrogens with two attached hydrogens (primary N) is 3. The molecular formula is C56H67N19O5. The molecule has 3 aromatic carbocycles. The minimum Gasteiger partial charge on any atom is -0.380 e. The van der Waals surface area contributed by atoms with Crippen molar-refractivity contribution >= 4 is 92.3 Å². The number of nitrogens with zero attached hydrogens (tertiary/aromatic N) is 10. The van der Waals surface area contributed by atoms with Crippen molar-refractivity contribution in [3.8, 4) is 0 Å². The van der Waals surface area contributed by atoms with Gasteiger partial charge in [-0.1, -0.05) is 6.07 Å². The number of amides is 4. The minimum absolute atomic E-state index is 0.00117. The third-order valence-corrected chi connectivity index (χ3v) is 15.6. The first kappa shape index (κ1) is 53.1. The predicted octanol–water partition coefficient (Wildman–Crippen LogP) is 5.22. The van der Waals surface area contributed by atoms with Crippen molar-refractivity contribution in [1.29, 1.82) is 0 Å². The molecule has 2 aliphatic heterocycles. The molecule has 5 aliphatic rings. The Morgan fingerprint density at radius 3 is 1.73 bits per heavy atom. The first-order valence-corrected chi connectivity index (χ1v) is 27.4. The monoisotopic (exact) mass is 1090 g/mol. The minimum atomic E-state index is -0.752. The number of hydrogen-bond acceptors (Lipinski definition) is 20. The van der Waals surface area contributed by atoms with Crippen LogP contribution in [0.5, 0.6) is 0 Å². The van der Waals surface area contributed by atoms with Crippen molar-refractivity contribution in [2.75, 3.05) is 98.7 Å². The summed E-state index contributed by atoms with van der Waals surface area (Å²) >= 11 is 0. The van der Waals surface area contributed by atoms with E-state index in [9.17, 15) is 19.2 Å². The number of anilines is 12. The van der Waals surface area contributed by atoms with Crippen molar-refractivity contribution in [2.45, 2.75) is 88.5 Å². The van der Waals surface area contributed by atoms with E-state index >= 15 is 0 Å². The third kappa shape index (κ3) is 11.9. The number of hydrogen-bond donors (Lipinski definition) is 9. The third-order valence-electron chi connectivity index (χ3n) is 15.6. The van der Waals surface area contributed by atoms with Crippen LogP contribution < -0.4 is 68.7 Å². The Morgan fingerprint density at radius 1 is 0.588 bits per heavy atom. The van der Waals surface area contributed by atoms with Crippen LogP contribution in [0, 0.1) is 0 Å². The molecular weight excluding hydrogens is 1020 g/mol. The van der Waals surface area contributed by atoms with Crippen LogP contribution in [-0.2, 0) is 9.53 Å². The summed E-state index contributed by atoms with van der Waals surface area (Å²) in [6.07, 6.45) is 6.58. The number of benzene rings is 3. The van der Waals surface area contributed by atoms with Gasteiger partial charge >= 0.3 is 0 Å². The lowest BCUT2D eigenvalue weighted by Gasteiger charge is -2.45. The lowest BCUT2D eigenvalue weighted by Crippen LogP contribution is -2.53. The number of morpholine rings is 1. The van der Waals surface area contributed by atoms with Gasteiger partial charge < -0.3 is 73.4 Å². The van der Waals surface area contributed by atoms with E-state index in [1.165, 1.54) is 6.92 Å². The van der Waals surface area contributed by atoms with Gasteiger partial charge in [-0.25, -0.2) is 0 Å². The fourth-order valence-corrected chi connectivity index (χ4v) is 11.2. The van der Waals surface area contributed by atoms with Gasteiger partial charge in [0, 0.05) is 123 Å². The van der Waals surface area contributed by atoms with Crippen LogP contribution in [-0.4, -0.2) is 137 Å². The van der Waals surface area contributed by atoms with Gasteiger partial charge in [0.1, 0.15) is 0 Å². The van der Waals surface area contributed by atoms with Crippen LogP contribution in [0.3, 0.4) is 0 Å². The normalized spacial score (nSPS) is 19.9. The summed E-state index contributed by atoms with van der Waals surface area (Å²) in [5.74, 6) is -0.958.